The van der Waals surface area contributed by atoms with Gasteiger partial charge in [0.1, 0.15) is 0 Å². The van der Waals surface area contributed by atoms with E-state index in [1.54, 1.807) is 0 Å². The van der Waals surface area contributed by atoms with E-state index in [-0.39, 0.29) is 5.97 Å². The molecule has 0 radical (unpaired) electrons. The molecule has 1 N–H and O–H groups in total. The highest BCUT2D eigenvalue weighted by Gasteiger charge is 2.02. The summed E-state index contributed by atoms with van der Waals surface area (Å²) < 4.78 is 5.27. The molecule has 0 aliphatic rings. The Balaban J connectivity index is 3.13. The molecule has 0 aromatic rings. The number of rotatable bonds is 16. The standard InChI is InChI=1S/C18H37NO2/c1-3-4-5-6-7-11-14-17-21-18(20)15-12-9-8-10-13-16-19-2/h19H,3-17H2,1-2H3. The van der Waals surface area contributed by atoms with Crippen molar-refractivity contribution in [2.75, 3.05) is 20.2 Å². The van der Waals surface area contributed by atoms with E-state index < -0.39 is 0 Å². The number of hydrogen-bond acceptors (Lipinski definition) is 3. The lowest BCUT2D eigenvalue weighted by molar-refractivity contribution is -0.143. The molecule has 0 fully saturated rings. The Morgan fingerprint density at radius 1 is 0.810 bits per heavy atom. The summed E-state index contributed by atoms with van der Waals surface area (Å²) in [6, 6.07) is 0. The molecule has 0 amide bonds. The van der Waals surface area contributed by atoms with Crippen molar-refractivity contribution < 1.29 is 9.53 Å². The molecule has 126 valence electrons. The molecule has 3 heteroatoms. The SMILES string of the molecule is CCCCCCCCCOC(=O)CCCCCCCNC. The molecular formula is C18H37NO2. The van der Waals surface area contributed by atoms with Crippen LogP contribution in [-0.4, -0.2) is 26.2 Å². The van der Waals surface area contributed by atoms with Gasteiger partial charge in [0, 0.05) is 6.42 Å². The van der Waals surface area contributed by atoms with Crippen LogP contribution in [0.3, 0.4) is 0 Å². The molecule has 0 unspecified atom stereocenters. The number of nitrogens with one attached hydrogen (secondary N) is 1. The number of carbonyl (C=O) groups is 1. The monoisotopic (exact) mass is 299 g/mol. The van der Waals surface area contributed by atoms with Gasteiger partial charge in [0.15, 0.2) is 0 Å². The largest absolute Gasteiger partial charge is 0.466 e. The average molecular weight is 299 g/mol. The second-order valence-corrected chi connectivity index (χ2v) is 5.96. The minimum absolute atomic E-state index is 0.00351. The summed E-state index contributed by atoms with van der Waals surface area (Å²) in [4.78, 5) is 11.5. The molecule has 0 heterocycles. The van der Waals surface area contributed by atoms with E-state index >= 15 is 0 Å². The first-order chi connectivity index (χ1) is 10.3. The molecule has 0 saturated carbocycles. The van der Waals surface area contributed by atoms with Gasteiger partial charge < -0.3 is 10.1 Å². The molecule has 0 aromatic heterocycles. The van der Waals surface area contributed by atoms with Gasteiger partial charge >= 0.3 is 5.97 Å². The first-order valence-corrected chi connectivity index (χ1v) is 9.11. The fourth-order valence-electron chi connectivity index (χ4n) is 2.42. The van der Waals surface area contributed by atoms with Crippen molar-refractivity contribution in [3.8, 4) is 0 Å². The predicted octanol–water partition coefficient (Wildman–Crippen LogP) is 4.84. The molecule has 0 aromatic carbocycles. The number of carbonyl (C=O) groups excluding carboxylic acids is 1. The Kier molecular flexibility index (Phi) is 17.0. The molecule has 0 rings (SSSR count). The third kappa shape index (κ3) is 17.4. The summed E-state index contributed by atoms with van der Waals surface area (Å²) in [6.07, 6.45) is 15.3. The zero-order valence-corrected chi connectivity index (χ0v) is 14.4. The van der Waals surface area contributed by atoms with E-state index in [0.717, 1.165) is 25.8 Å². The molecule has 0 aliphatic carbocycles. The van der Waals surface area contributed by atoms with E-state index in [2.05, 4.69) is 12.2 Å². The van der Waals surface area contributed by atoms with E-state index in [1.807, 2.05) is 7.05 Å². The maximum atomic E-state index is 11.5. The maximum absolute atomic E-state index is 11.5. The quantitative estimate of drug-likeness (QED) is 0.327. The van der Waals surface area contributed by atoms with Gasteiger partial charge in [-0.25, -0.2) is 0 Å². The fourth-order valence-corrected chi connectivity index (χ4v) is 2.42. The minimum Gasteiger partial charge on any atom is -0.466 e. The second kappa shape index (κ2) is 17.5. The lowest BCUT2D eigenvalue weighted by Gasteiger charge is -2.05. The summed E-state index contributed by atoms with van der Waals surface area (Å²) >= 11 is 0. The highest BCUT2D eigenvalue weighted by molar-refractivity contribution is 5.69. The zero-order chi connectivity index (χ0) is 15.6. The van der Waals surface area contributed by atoms with Crippen LogP contribution in [0.4, 0.5) is 0 Å². The molecule has 21 heavy (non-hydrogen) atoms. The Morgan fingerprint density at radius 2 is 1.38 bits per heavy atom. The molecule has 0 bridgehead atoms. The number of unbranched alkanes of at least 4 members (excludes halogenated alkanes) is 10. The van der Waals surface area contributed by atoms with E-state index in [9.17, 15) is 4.79 Å². The molecule has 3 nitrogen and oxygen atoms in total. The Hall–Kier alpha value is -0.570. The van der Waals surface area contributed by atoms with Gasteiger partial charge in [0.05, 0.1) is 6.61 Å². The first-order valence-electron chi connectivity index (χ1n) is 9.11. The van der Waals surface area contributed by atoms with Gasteiger partial charge in [-0.1, -0.05) is 64.7 Å². The lowest BCUT2D eigenvalue weighted by atomic mass is 10.1. The predicted molar refractivity (Wildman–Crippen MR) is 90.6 cm³/mol. The summed E-state index contributed by atoms with van der Waals surface area (Å²) in [7, 11) is 1.99. The van der Waals surface area contributed by atoms with Gasteiger partial charge in [-0.05, 0) is 32.9 Å². The van der Waals surface area contributed by atoms with Crippen LogP contribution in [0.25, 0.3) is 0 Å². The second-order valence-electron chi connectivity index (χ2n) is 5.96. The van der Waals surface area contributed by atoms with Crippen molar-refractivity contribution in [3.05, 3.63) is 0 Å². The van der Waals surface area contributed by atoms with Crippen molar-refractivity contribution in [2.45, 2.75) is 90.4 Å². The molecule has 0 spiro atoms. The molecule has 0 atom stereocenters. The summed E-state index contributed by atoms with van der Waals surface area (Å²) in [5, 5.41) is 3.15. The Bertz CT molecular complexity index is 219. The number of esters is 1. The molecule has 0 aliphatic heterocycles. The topological polar surface area (TPSA) is 38.3 Å². The summed E-state index contributed by atoms with van der Waals surface area (Å²) in [6.45, 7) is 3.96. The molecular weight excluding hydrogens is 262 g/mol. The number of ether oxygens (including phenoxy) is 1. The van der Waals surface area contributed by atoms with E-state index in [0.29, 0.717) is 13.0 Å². The van der Waals surface area contributed by atoms with Crippen molar-refractivity contribution in [1.82, 2.24) is 5.32 Å². The van der Waals surface area contributed by atoms with Crippen molar-refractivity contribution >= 4 is 5.97 Å². The normalized spacial score (nSPS) is 10.8. The van der Waals surface area contributed by atoms with Crippen LogP contribution >= 0.6 is 0 Å². The highest BCUT2D eigenvalue weighted by atomic mass is 16.5. The van der Waals surface area contributed by atoms with Crippen LogP contribution in [-0.2, 0) is 9.53 Å². The Morgan fingerprint density at radius 3 is 2.05 bits per heavy atom. The molecule has 0 saturated heterocycles. The summed E-state index contributed by atoms with van der Waals surface area (Å²) in [5.74, 6) is -0.00351. The van der Waals surface area contributed by atoms with Gasteiger partial charge in [0.2, 0.25) is 0 Å². The first kappa shape index (κ1) is 20.4. The zero-order valence-electron chi connectivity index (χ0n) is 14.4. The van der Waals surface area contributed by atoms with Crippen LogP contribution in [0.1, 0.15) is 90.4 Å². The van der Waals surface area contributed by atoms with Crippen LogP contribution in [0.2, 0.25) is 0 Å². The fraction of sp³-hybridized carbons (Fsp3) is 0.944. The third-order valence-corrected chi connectivity index (χ3v) is 3.82. The van der Waals surface area contributed by atoms with Gasteiger partial charge in [-0.2, -0.15) is 0 Å². The van der Waals surface area contributed by atoms with Crippen molar-refractivity contribution in [1.29, 1.82) is 0 Å². The minimum atomic E-state index is -0.00351. The smallest absolute Gasteiger partial charge is 0.305 e. The average Bonchev–Trinajstić information content (AvgIpc) is 2.49. The Labute approximate surface area is 132 Å². The maximum Gasteiger partial charge on any atom is 0.305 e. The van der Waals surface area contributed by atoms with Crippen LogP contribution in [0, 0.1) is 0 Å². The van der Waals surface area contributed by atoms with Gasteiger partial charge in [-0.3, -0.25) is 4.79 Å². The van der Waals surface area contributed by atoms with Crippen LogP contribution in [0.5, 0.6) is 0 Å². The van der Waals surface area contributed by atoms with Crippen molar-refractivity contribution in [3.63, 3.8) is 0 Å². The van der Waals surface area contributed by atoms with Crippen LogP contribution in [0.15, 0.2) is 0 Å². The summed E-state index contributed by atoms with van der Waals surface area (Å²) in [5.41, 5.74) is 0. The van der Waals surface area contributed by atoms with Crippen molar-refractivity contribution in [2.24, 2.45) is 0 Å². The van der Waals surface area contributed by atoms with Gasteiger partial charge in [0.25, 0.3) is 0 Å². The highest BCUT2D eigenvalue weighted by Crippen LogP contribution is 2.08. The van der Waals surface area contributed by atoms with Crippen LogP contribution < -0.4 is 5.32 Å². The van der Waals surface area contributed by atoms with Gasteiger partial charge in [-0.15, -0.1) is 0 Å². The third-order valence-electron chi connectivity index (χ3n) is 3.82. The lowest BCUT2D eigenvalue weighted by Crippen LogP contribution is -2.07. The van der Waals surface area contributed by atoms with E-state index in [1.165, 1.54) is 57.8 Å². The number of hydrogen-bond donors (Lipinski definition) is 1. The van der Waals surface area contributed by atoms with E-state index in [4.69, 9.17) is 4.74 Å².